The normalized spacial score (nSPS) is 19.3. The molecule has 134 valence electrons. The maximum absolute atomic E-state index is 12.1. The van der Waals surface area contributed by atoms with Crippen molar-refractivity contribution in [3.8, 4) is 11.8 Å². The SMILES string of the molecule is O=C(NO)[C@@]1(NCc2ccc(C#Cc3ccccc3)cc2)CCCNC1. The van der Waals surface area contributed by atoms with E-state index in [1.807, 2.05) is 54.6 Å². The first-order valence-corrected chi connectivity index (χ1v) is 8.78. The van der Waals surface area contributed by atoms with E-state index in [9.17, 15) is 4.79 Å². The van der Waals surface area contributed by atoms with Gasteiger partial charge in [0.1, 0.15) is 5.54 Å². The fourth-order valence-electron chi connectivity index (χ4n) is 3.08. The third-order valence-electron chi connectivity index (χ3n) is 4.63. The molecule has 1 amide bonds. The van der Waals surface area contributed by atoms with Gasteiger partial charge in [0, 0.05) is 24.2 Å². The van der Waals surface area contributed by atoms with Crippen LogP contribution < -0.4 is 16.1 Å². The summed E-state index contributed by atoms with van der Waals surface area (Å²) in [6.45, 7) is 1.93. The first-order valence-electron chi connectivity index (χ1n) is 8.78. The molecule has 1 saturated heterocycles. The van der Waals surface area contributed by atoms with Gasteiger partial charge in [0.25, 0.3) is 5.91 Å². The Morgan fingerprint density at radius 3 is 2.38 bits per heavy atom. The summed E-state index contributed by atoms with van der Waals surface area (Å²) in [4.78, 5) is 12.1. The van der Waals surface area contributed by atoms with E-state index in [1.165, 1.54) is 0 Å². The van der Waals surface area contributed by atoms with Crippen molar-refractivity contribution in [1.29, 1.82) is 0 Å². The van der Waals surface area contributed by atoms with E-state index in [0.29, 0.717) is 19.5 Å². The van der Waals surface area contributed by atoms with Crippen LogP contribution in [0, 0.1) is 11.8 Å². The van der Waals surface area contributed by atoms with Crippen LogP contribution in [0.3, 0.4) is 0 Å². The molecule has 2 aromatic rings. The molecule has 0 unspecified atom stereocenters. The first-order chi connectivity index (χ1) is 12.7. The zero-order chi connectivity index (χ0) is 18.2. The van der Waals surface area contributed by atoms with Crippen LogP contribution >= 0.6 is 0 Å². The summed E-state index contributed by atoms with van der Waals surface area (Å²) in [5.74, 6) is 5.90. The minimum absolute atomic E-state index is 0.393. The van der Waals surface area contributed by atoms with Crippen LogP contribution in [0.4, 0.5) is 0 Å². The second kappa shape index (κ2) is 8.63. The van der Waals surface area contributed by atoms with Crippen LogP contribution in [0.2, 0.25) is 0 Å². The average molecular weight is 349 g/mol. The molecule has 5 heteroatoms. The molecule has 4 N–H and O–H groups in total. The number of carbonyl (C=O) groups excluding carboxylic acids is 1. The van der Waals surface area contributed by atoms with Gasteiger partial charge in [-0.15, -0.1) is 0 Å². The van der Waals surface area contributed by atoms with Crippen molar-refractivity contribution >= 4 is 5.91 Å². The standard InChI is InChI=1S/C21H23N3O2/c25-20(24-26)21(13-4-14-22-16-21)23-15-19-11-9-18(10-12-19)8-7-17-5-2-1-3-6-17/h1-3,5-6,9-12,22-23,26H,4,13-16H2,(H,24,25)/t21-/m1/s1. The summed E-state index contributed by atoms with van der Waals surface area (Å²) in [5, 5.41) is 15.6. The van der Waals surface area contributed by atoms with Gasteiger partial charge >= 0.3 is 0 Å². The molecule has 0 bridgehead atoms. The fourth-order valence-corrected chi connectivity index (χ4v) is 3.08. The van der Waals surface area contributed by atoms with E-state index in [2.05, 4.69) is 22.5 Å². The van der Waals surface area contributed by atoms with Gasteiger partial charge in [-0.2, -0.15) is 0 Å². The molecule has 5 nitrogen and oxygen atoms in total. The van der Waals surface area contributed by atoms with Crippen molar-refractivity contribution < 1.29 is 10.0 Å². The molecule has 0 spiro atoms. The van der Waals surface area contributed by atoms with E-state index >= 15 is 0 Å². The Kier molecular flexibility index (Phi) is 6.03. The van der Waals surface area contributed by atoms with Gasteiger partial charge in [-0.25, -0.2) is 5.48 Å². The molecule has 0 radical (unpaired) electrons. The molecule has 2 aromatic carbocycles. The highest BCUT2D eigenvalue weighted by atomic mass is 16.5. The number of hydrogen-bond acceptors (Lipinski definition) is 4. The van der Waals surface area contributed by atoms with Crippen LogP contribution in [0.25, 0.3) is 0 Å². The lowest BCUT2D eigenvalue weighted by Crippen LogP contribution is -2.63. The molecule has 3 rings (SSSR count). The summed E-state index contributed by atoms with van der Waals surface area (Å²) in [6.07, 6.45) is 1.57. The monoisotopic (exact) mass is 349 g/mol. The topological polar surface area (TPSA) is 73.4 Å². The maximum atomic E-state index is 12.1. The van der Waals surface area contributed by atoms with Crippen molar-refractivity contribution in [1.82, 2.24) is 16.1 Å². The quantitative estimate of drug-likeness (QED) is 0.386. The Labute approximate surface area is 153 Å². The molecule has 1 atom stereocenters. The van der Waals surface area contributed by atoms with Crippen LogP contribution in [0.5, 0.6) is 0 Å². The number of benzene rings is 2. The molecule has 0 saturated carbocycles. The lowest BCUT2D eigenvalue weighted by atomic mass is 9.89. The van der Waals surface area contributed by atoms with Crippen molar-refractivity contribution in [2.75, 3.05) is 13.1 Å². The van der Waals surface area contributed by atoms with Crippen LogP contribution in [0.15, 0.2) is 54.6 Å². The van der Waals surface area contributed by atoms with E-state index < -0.39 is 11.4 Å². The largest absolute Gasteiger partial charge is 0.314 e. The Morgan fingerprint density at radius 1 is 1.08 bits per heavy atom. The highest BCUT2D eigenvalue weighted by molar-refractivity contribution is 5.85. The highest BCUT2D eigenvalue weighted by Crippen LogP contribution is 2.17. The van der Waals surface area contributed by atoms with Crippen molar-refractivity contribution in [2.45, 2.75) is 24.9 Å². The predicted octanol–water partition coefficient (Wildman–Crippen LogP) is 1.80. The second-order valence-corrected chi connectivity index (χ2v) is 6.47. The summed E-state index contributed by atoms with van der Waals surface area (Å²) >= 11 is 0. The minimum atomic E-state index is -0.779. The fraction of sp³-hybridized carbons (Fsp3) is 0.286. The zero-order valence-corrected chi connectivity index (χ0v) is 14.6. The number of amides is 1. The van der Waals surface area contributed by atoms with E-state index in [1.54, 1.807) is 5.48 Å². The Hall–Kier alpha value is -2.65. The third kappa shape index (κ3) is 4.50. The zero-order valence-electron chi connectivity index (χ0n) is 14.6. The number of hydroxylamine groups is 1. The Balaban J connectivity index is 1.64. The van der Waals surface area contributed by atoms with Gasteiger partial charge in [-0.3, -0.25) is 15.3 Å². The number of nitrogens with one attached hydrogen (secondary N) is 3. The molecule has 26 heavy (non-hydrogen) atoms. The smallest absolute Gasteiger partial charge is 0.264 e. The van der Waals surface area contributed by atoms with Crippen molar-refractivity contribution in [2.24, 2.45) is 0 Å². The highest BCUT2D eigenvalue weighted by Gasteiger charge is 2.39. The summed E-state index contributed by atoms with van der Waals surface area (Å²) in [7, 11) is 0. The Bertz CT molecular complexity index is 786. The maximum Gasteiger partial charge on any atom is 0.264 e. The molecular formula is C21H23N3O2. The lowest BCUT2D eigenvalue weighted by molar-refractivity contribution is -0.137. The van der Waals surface area contributed by atoms with Gasteiger partial charge < -0.3 is 5.32 Å². The predicted molar refractivity (Wildman–Crippen MR) is 100 cm³/mol. The van der Waals surface area contributed by atoms with Gasteiger partial charge in [-0.05, 0) is 49.2 Å². The number of carbonyl (C=O) groups is 1. The van der Waals surface area contributed by atoms with E-state index in [0.717, 1.165) is 29.7 Å². The summed E-state index contributed by atoms with van der Waals surface area (Å²) < 4.78 is 0. The third-order valence-corrected chi connectivity index (χ3v) is 4.63. The average Bonchev–Trinajstić information content (AvgIpc) is 2.72. The molecule has 0 aromatic heterocycles. The van der Waals surface area contributed by atoms with Crippen molar-refractivity contribution in [3.05, 3.63) is 71.3 Å². The molecule has 1 aliphatic heterocycles. The van der Waals surface area contributed by atoms with E-state index in [4.69, 9.17) is 5.21 Å². The lowest BCUT2D eigenvalue weighted by Gasteiger charge is -2.36. The van der Waals surface area contributed by atoms with Gasteiger partial charge in [0.15, 0.2) is 0 Å². The first kappa shape index (κ1) is 18.2. The minimum Gasteiger partial charge on any atom is -0.314 e. The molecule has 1 fully saturated rings. The summed E-state index contributed by atoms with van der Waals surface area (Å²) in [5.41, 5.74) is 4.01. The molecule has 1 heterocycles. The van der Waals surface area contributed by atoms with Crippen LogP contribution in [0.1, 0.15) is 29.5 Å². The van der Waals surface area contributed by atoms with Crippen LogP contribution in [-0.2, 0) is 11.3 Å². The second-order valence-electron chi connectivity index (χ2n) is 6.47. The van der Waals surface area contributed by atoms with Crippen LogP contribution in [-0.4, -0.2) is 29.7 Å². The molecule has 1 aliphatic rings. The number of hydrogen-bond donors (Lipinski definition) is 4. The van der Waals surface area contributed by atoms with Gasteiger partial charge in [0.2, 0.25) is 0 Å². The Morgan fingerprint density at radius 2 is 1.77 bits per heavy atom. The number of rotatable bonds is 4. The summed E-state index contributed by atoms with van der Waals surface area (Å²) in [6, 6.07) is 17.8. The molecular weight excluding hydrogens is 326 g/mol. The number of piperidine rings is 1. The van der Waals surface area contributed by atoms with Crippen molar-refractivity contribution in [3.63, 3.8) is 0 Å². The van der Waals surface area contributed by atoms with E-state index in [-0.39, 0.29) is 0 Å². The van der Waals surface area contributed by atoms with Gasteiger partial charge in [0.05, 0.1) is 0 Å². The van der Waals surface area contributed by atoms with Gasteiger partial charge in [-0.1, -0.05) is 42.2 Å². The molecule has 0 aliphatic carbocycles.